The molecule has 2 aromatic heterocycles. The van der Waals surface area contributed by atoms with Crippen LogP contribution in [0.4, 0.5) is 0 Å². The number of para-hydroxylation sites is 1. The molecule has 174 valence electrons. The van der Waals surface area contributed by atoms with Crippen molar-refractivity contribution in [3.8, 4) is 0 Å². The van der Waals surface area contributed by atoms with Gasteiger partial charge >= 0.3 is 0 Å². The van der Waals surface area contributed by atoms with E-state index in [1.807, 2.05) is 29.8 Å². The van der Waals surface area contributed by atoms with Crippen LogP contribution < -0.4 is 16.5 Å². The summed E-state index contributed by atoms with van der Waals surface area (Å²) in [5.41, 5.74) is 10.6. The maximum absolute atomic E-state index is 13.4. The van der Waals surface area contributed by atoms with E-state index in [1.54, 1.807) is 24.9 Å². The van der Waals surface area contributed by atoms with Gasteiger partial charge in [-0.2, -0.15) is 4.31 Å². The molecule has 0 unspecified atom stereocenters. The number of benzene rings is 1. The van der Waals surface area contributed by atoms with Gasteiger partial charge in [0.15, 0.2) is 6.21 Å². The number of aromatic nitrogens is 3. The molecule has 1 aliphatic heterocycles. The summed E-state index contributed by atoms with van der Waals surface area (Å²) in [6, 6.07) is 7.16. The number of aryl methyl sites for hydroxylation is 1. The minimum absolute atomic E-state index is 0.0979. The van der Waals surface area contributed by atoms with Gasteiger partial charge in [-0.1, -0.05) is 12.1 Å². The molecule has 33 heavy (non-hydrogen) atoms. The number of sulfonamides is 1. The zero-order valence-electron chi connectivity index (χ0n) is 18.9. The molecule has 0 saturated carbocycles. The molecule has 1 amide bonds. The standard InChI is InChI=1S/C22H27N7O3S/c1-14-20(33(31,32)29-8-7-17(24)16(10-23)12-29)9-19(28(14)3)22(30)25-11-15-5-4-6-18-21(15)27(2)13-26-18/h4-6,9-10,13,23H,7-8,11-12,24H2,1-3H3,(H,25,30)/p+1. The Kier molecular flexibility index (Phi) is 5.85. The highest BCUT2D eigenvalue weighted by atomic mass is 32.2. The Hall–Kier alpha value is -3.44. The van der Waals surface area contributed by atoms with E-state index in [4.69, 9.17) is 11.1 Å². The number of nitrogens with one attached hydrogen (secondary N) is 1. The first kappa shape index (κ1) is 22.7. The Morgan fingerprint density at radius 2 is 2.09 bits per heavy atom. The van der Waals surface area contributed by atoms with Crippen LogP contribution in [-0.2, 0) is 30.7 Å². The third kappa shape index (κ3) is 3.93. The predicted molar refractivity (Wildman–Crippen MR) is 125 cm³/mol. The van der Waals surface area contributed by atoms with Crippen LogP contribution >= 0.6 is 0 Å². The highest BCUT2D eigenvalue weighted by Gasteiger charge is 2.33. The summed E-state index contributed by atoms with van der Waals surface area (Å²) >= 11 is 0. The topological polar surface area (TPSA) is 141 Å². The molecule has 0 aliphatic carbocycles. The number of imidazole rings is 1. The van der Waals surface area contributed by atoms with Crippen LogP contribution in [0.1, 0.15) is 28.2 Å². The monoisotopic (exact) mass is 470 g/mol. The lowest BCUT2D eigenvalue weighted by atomic mass is 10.1. The summed E-state index contributed by atoms with van der Waals surface area (Å²) in [5.74, 6) is -0.361. The zero-order valence-corrected chi connectivity index (χ0v) is 19.7. The van der Waals surface area contributed by atoms with Gasteiger partial charge in [-0.05, 0) is 24.6 Å². The quantitative estimate of drug-likeness (QED) is 0.420. The summed E-state index contributed by atoms with van der Waals surface area (Å²) in [4.78, 5) is 17.4. The van der Waals surface area contributed by atoms with Crippen molar-refractivity contribution in [2.24, 2.45) is 19.8 Å². The largest absolute Gasteiger partial charge is 0.402 e. The van der Waals surface area contributed by atoms with E-state index in [2.05, 4.69) is 10.3 Å². The molecule has 10 nitrogen and oxygen atoms in total. The average molecular weight is 471 g/mol. The van der Waals surface area contributed by atoms with Gasteiger partial charge in [-0.15, -0.1) is 0 Å². The molecule has 5 N–H and O–H groups in total. The van der Waals surface area contributed by atoms with E-state index in [-0.39, 0.29) is 36.1 Å². The number of nitrogens with zero attached hydrogens (tertiary/aromatic N) is 4. The van der Waals surface area contributed by atoms with Crippen molar-refractivity contribution in [1.82, 2.24) is 23.7 Å². The van der Waals surface area contributed by atoms with Crippen LogP contribution in [-0.4, -0.2) is 52.1 Å². The summed E-state index contributed by atoms with van der Waals surface area (Å²) in [7, 11) is -0.255. The molecule has 1 aromatic carbocycles. The van der Waals surface area contributed by atoms with Gasteiger partial charge in [0, 0.05) is 57.1 Å². The van der Waals surface area contributed by atoms with Crippen LogP contribution in [0.15, 0.2) is 46.8 Å². The highest BCUT2D eigenvalue weighted by Crippen LogP contribution is 2.26. The fourth-order valence-electron chi connectivity index (χ4n) is 4.14. The van der Waals surface area contributed by atoms with Gasteiger partial charge in [0.1, 0.15) is 10.6 Å². The van der Waals surface area contributed by atoms with Crippen molar-refractivity contribution in [1.29, 1.82) is 0 Å². The number of carbonyl (C=O) groups is 1. The number of amides is 1. The fourth-order valence-corrected chi connectivity index (χ4v) is 5.82. The molecule has 1 aliphatic rings. The van der Waals surface area contributed by atoms with Gasteiger partial charge < -0.3 is 20.2 Å². The van der Waals surface area contributed by atoms with Crippen LogP contribution in [0.2, 0.25) is 0 Å². The highest BCUT2D eigenvalue weighted by molar-refractivity contribution is 7.89. The lowest BCUT2D eigenvalue weighted by Crippen LogP contribution is -2.42. The van der Waals surface area contributed by atoms with Crippen LogP contribution in [0.3, 0.4) is 0 Å². The first-order chi connectivity index (χ1) is 15.6. The number of fused-ring (bicyclic) bond motifs is 1. The Labute approximate surface area is 192 Å². The van der Waals surface area contributed by atoms with Gasteiger partial charge in [0.25, 0.3) is 5.91 Å². The molecular formula is C22H28N7O3S+. The summed E-state index contributed by atoms with van der Waals surface area (Å²) in [5, 5.41) is 8.51. The first-order valence-corrected chi connectivity index (χ1v) is 11.9. The third-order valence-corrected chi connectivity index (χ3v) is 8.15. The Morgan fingerprint density at radius 3 is 2.82 bits per heavy atom. The Morgan fingerprint density at radius 1 is 1.33 bits per heavy atom. The van der Waals surface area contributed by atoms with E-state index in [1.165, 1.54) is 16.6 Å². The molecule has 0 spiro atoms. The van der Waals surface area contributed by atoms with Crippen molar-refractivity contribution in [2.45, 2.75) is 24.8 Å². The molecule has 0 bridgehead atoms. The van der Waals surface area contributed by atoms with Crippen molar-refractivity contribution in [3.05, 3.63) is 58.8 Å². The molecule has 3 heterocycles. The average Bonchev–Trinajstić information content (AvgIpc) is 3.32. The molecule has 0 saturated heterocycles. The molecule has 0 fully saturated rings. The van der Waals surface area contributed by atoms with E-state index >= 15 is 0 Å². The summed E-state index contributed by atoms with van der Waals surface area (Å²) in [6.45, 7) is 2.34. The second-order valence-electron chi connectivity index (χ2n) is 8.17. The van der Waals surface area contributed by atoms with E-state index in [9.17, 15) is 13.2 Å². The number of hydrogen-bond acceptors (Lipinski definition) is 5. The van der Waals surface area contributed by atoms with E-state index < -0.39 is 10.0 Å². The Balaban J connectivity index is 1.58. The first-order valence-electron chi connectivity index (χ1n) is 10.5. The SMILES string of the molecule is Cc1c(S(=O)(=O)N2CCC(N)=C(C=[NH2+])C2)cc(C(=O)NCc2cccc3ncn(C)c23)n1C. The number of carbonyl (C=O) groups excluding carboxylic acids is 1. The number of hydrogen-bond donors (Lipinski definition) is 3. The summed E-state index contributed by atoms with van der Waals surface area (Å²) in [6.07, 6.45) is 3.47. The van der Waals surface area contributed by atoms with Gasteiger partial charge in [-0.25, -0.2) is 13.4 Å². The maximum Gasteiger partial charge on any atom is 0.268 e. The molecule has 0 radical (unpaired) electrons. The van der Waals surface area contributed by atoms with E-state index in [0.717, 1.165) is 16.6 Å². The lowest BCUT2D eigenvalue weighted by molar-refractivity contribution is -0.105. The number of nitrogens with two attached hydrogens (primary N) is 2. The predicted octanol–water partition coefficient (Wildman–Crippen LogP) is -0.413. The number of rotatable bonds is 6. The smallest absolute Gasteiger partial charge is 0.268 e. The summed E-state index contributed by atoms with van der Waals surface area (Å²) < 4.78 is 31.5. The van der Waals surface area contributed by atoms with Crippen molar-refractivity contribution < 1.29 is 18.6 Å². The zero-order chi connectivity index (χ0) is 23.9. The second kappa shape index (κ2) is 8.49. The van der Waals surface area contributed by atoms with Crippen molar-refractivity contribution in [3.63, 3.8) is 0 Å². The van der Waals surface area contributed by atoms with Crippen LogP contribution in [0.5, 0.6) is 0 Å². The van der Waals surface area contributed by atoms with Gasteiger partial charge in [-0.3, -0.25) is 10.2 Å². The van der Waals surface area contributed by atoms with Gasteiger partial charge in [0.05, 0.1) is 17.4 Å². The van der Waals surface area contributed by atoms with E-state index in [0.29, 0.717) is 23.4 Å². The third-order valence-electron chi connectivity index (χ3n) is 6.19. The second-order valence-corrected chi connectivity index (χ2v) is 10.1. The van der Waals surface area contributed by atoms with Crippen molar-refractivity contribution >= 4 is 33.2 Å². The van der Waals surface area contributed by atoms with Crippen LogP contribution in [0, 0.1) is 6.92 Å². The van der Waals surface area contributed by atoms with Crippen molar-refractivity contribution in [2.75, 3.05) is 13.1 Å². The molecule has 0 atom stereocenters. The van der Waals surface area contributed by atoms with Crippen LogP contribution in [0.25, 0.3) is 11.0 Å². The lowest BCUT2D eigenvalue weighted by Gasteiger charge is -2.26. The normalized spacial score (nSPS) is 15.2. The minimum Gasteiger partial charge on any atom is -0.402 e. The molecular weight excluding hydrogens is 442 g/mol. The van der Waals surface area contributed by atoms with Gasteiger partial charge in [0.2, 0.25) is 10.0 Å². The molecule has 4 rings (SSSR count). The minimum atomic E-state index is -3.83. The Bertz CT molecular complexity index is 1400. The fraction of sp³-hybridized carbons (Fsp3) is 0.318. The molecule has 3 aromatic rings. The molecule has 11 heteroatoms. The maximum atomic E-state index is 13.4.